The summed E-state index contributed by atoms with van der Waals surface area (Å²) in [6, 6.07) is 2.96. The van der Waals surface area contributed by atoms with Crippen molar-refractivity contribution in [2.24, 2.45) is 4.99 Å². The van der Waals surface area contributed by atoms with Crippen LogP contribution in [0.1, 0.15) is 36.0 Å². The van der Waals surface area contributed by atoms with Crippen molar-refractivity contribution >= 4 is 6.08 Å². The molecule has 0 N–H and O–H groups in total. The highest BCUT2D eigenvalue weighted by Crippen LogP contribution is 2.54. The van der Waals surface area contributed by atoms with Gasteiger partial charge in [0.1, 0.15) is 11.3 Å². The number of hydrogen-bond donors (Lipinski definition) is 0. The van der Waals surface area contributed by atoms with Crippen LogP contribution in [0.15, 0.2) is 17.1 Å². The Morgan fingerprint density at radius 1 is 1.44 bits per heavy atom. The van der Waals surface area contributed by atoms with E-state index in [1.54, 1.807) is 13.0 Å². The lowest BCUT2D eigenvalue weighted by molar-refractivity contribution is 0.146. The van der Waals surface area contributed by atoms with Gasteiger partial charge in [-0.3, -0.25) is 0 Å². The van der Waals surface area contributed by atoms with Crippen LogP contribution in [0.4, 0.5) is 8.78 Å². The average molecular weight is 253 g/mol. The van der Waals surface area contributed by atoms with Gasteiger partial charge in [0.2, 0.25) is 6.08 Å². The maximum atomic E-state index is 12.9. The summed E-state index contributed by atoms with van der Waals surface area (Å²) < 4.78 is 31.0. The Morgan fingerprint density at radius 3 is 2.56 bits per heavy atom. The molecule has 96 valence electrons. The molecule has 0 amide bonds. The van der Waals surface area contributed by atoms with Crippen LogP contribution in [-0.4, -0.2) is 13.2 Å². The van der Waals surface area contributed by atoms with Crippen LogP contribution in [-0.2, 0) is 10.3 Å². The minimum absolute atomic E-state index is 0.140. The number of hydrogen-bond acceptors (Lipinski definition) is 3. The summed E-state index contributed by atoms with van der Waals surface area (Å²) in [5.74, 6) is 0.140. The van der Waals surface area contributed by atoms with E-state index in [1.165, 1.54) is 19.3 Å². The molecule has 1 aromatic rings. The summed E-state index contributed by atoms with van der Waals surface area (Å²) in [5, 5.41) is 0. The molecule has 0 heterocycles. The van der Waals surface area contributed by atoms with Crippen LogP contribution in [0.3, 0.4) is 0 Å². The molecule has 0 atom stereocenters. The van der Waals surface area contributed by atoms with Gasteiger partial charge in [0.25, 0.3) is 6.43 Å². The summed E-state index contributed by atoms with van der Waals surface area (Å²) in [6.45, 7) is 1.80. The number of ether oxygens (including phenoxy) is 1. The molecule has 1 aromatic carbocycles. The number of carbonyl (C=O) groups excluding carboxylic acids is 1. The molecule has 1 aliphatic carbocycles. The number of methoxy groups -OCH3 is 1. The highest BCUT2D eigenvalue weighted by atomic mass is 19.3. The highest BCUT2D eigenvalue weighted by molar-refractivity contribution is 5.54. The second-order valence-electron chi connectivity index (χ2n) is 4.42. The van der Waals surface area contributed by atoms with E-state index in [4.69, 9.17) is 4.74 Å². The van der Waals surface area contributed by atoms with Crippen LogP contribution in [0.25, 0.3) is 0 Å². The lowest BCUT2D eigenvalue weighted by Crippen LogP contribution is -2.10. The van der Waals surface area contributed by atoms with E-state index in [-0.39, 0.29) is 11.3 Å². The molecule has 2 rings (SSSR count). The van der Waals surface area contributed by atoms with Crippen LogP contribution >= 0.6 is 0 Å². The first-order valence-electron chi connectivity index (χ1n) is 5.61. The zero-order valence-corrected chi connectivity index (χ0v) is 10.2. The SMILES string of the molecule is COc1c(C(F)F)ccc(C)c1C1(N=C=O)CC1. The molecular formula is C13H13F2NO2. The molecule has 1 fully saturated rings. The number of nitrogens with zero attached hydrogens (tertiary/aromatic N) is 1. The molecule has 0 saturated heterocycles. The lowest BCUT2D eigenvalue weighted by Gasteiger charge is -2.19. The van der Waals surface area contributed by atoms with Crippen LogP contribution < -0.4 is 4.74 Å². The van der Waals surface area contributed by atoms with Crippen molar-refractivity contribution in [2.75, 3.05) is 7.11 Å². The van der Waals surface area contributed by atoms with E-state index in [0.717, 1.165) is 5.56 Å². The van der Waals surface area contributed by atoms with Crippen LogP contribution in [0.2, 0.25) is 0 Å². The summed E-state index contributed by atoms with van der Waals surface area (Å²) in [7, 11) is 1.35. The van der Waals surface area contributed by atoms with Crippen molar-refractivity contribution in [3.63, 3.8) is 0 Å². The quantitative estimate of drug-likeness (QED) is 0.610. The first-order valence-corrected chi connectivity index (χ1v) is 5.61. The van der Waals surface area contributed by atoms with Gasteiger partial charge >= 0.3 is 0 Å². The van der Waals surface area contributed by atoms with Gasteiger partial charge in [-0.15, -0.1) is 0 Å². The number of rotatable bonds is 4. The molecule has 0 radical (unpaired) electrons. The van der Waals surface area contributed by atoms with Gasteiger partial charge in [-0.05, 0) is 31.4 Å². The number of aliphatic imine (C=N–C) groups is 1. The zero-order valence-electron chi connectivity index (χ0n) is 10.2. The molecule has 1 saturated carbocycles. The predicted octanol–water partition coefficient (Wildman–Crippen LogP) is 3.27. The molecule has 18 heavy (non-hydrogen) atoms. The smallest absolute Gasteiger partial charge is 0.267 e. The molecule has 0 aliphatic heterocycles. The number of isocyanates is 1. The Kier molecular flexibility index (Phi) is 3.18. The van der Waals surface area contributed by atoms with Gasteiger partial charge in [0.05, 0.1) is 12.7 Å². The van der Waals surface area contributed by atoms with Crippen LogP contribution in [0.5, 0.6) is 5.75 Å². The first kappa shape index (κ1) is 12.7. The molecule has 0 bridgehead atoms. The van der Waals surface area contributed by atoms with E-state index < -0.39 is 12.0 Å². The molecule has 0 unspecified atom stereocenters. The topological polar surface area (TPSA) is 38.7 Å². The highest BCUT2D eigenvalue weighted by Gasteiger charge is 2.48. The fraction of sp³-hybridized carbons (Fsp3) is 0.462. The van der Waals surface area contributed by atoms with Gasteiger partial charge in [-0.2, -0.15) is 4.99 Å². The summed E-state index contributed by atoms with van der Waals surface area (Å²) in [6.07, 6.45) is 0.230. The third-order valence-electron chi connectivity index (χ3n) is 3.28. The van der Waals surface area contributed by atoms with E-state index in [1.807, 2.05) is 0 Å². The van der Waals surface area contributed by atoms with Gasteiger partial charge in [0.15, 0.2) is 0 Å². The van der Waals surface area contributed by atoms with Crippen molar-refractivity contribution in [3.8, 4) is 5.75 Å². The Bertz CT molecular complexity index is 518. The number of benzene rings is 1. The third-order valence-corrected chi connectivity index (χ3v) is 3.28. The molecule has 0 spiro atoms. The molecular weight excluding hydrogens is 240 g/mol. The predicted molar refractivity (Wildman–Crippen MR) is 61.7 cm³/mol. The van der Waals surface area contributed by atoms with Crippen molar-refractivity contribution in [2.45, 2.75) is 31.7 Å². The van der Waals surface area contributed by atoms with Crippen molar-refractivity contribution in [3.05, 3.63) is 28.8 Å². The standard InChI is InChI=1S/C13H13F2NO2/c1-8-3-4-9(12(14)15)11(18-2)10(8)13(5-6-13)16-7-17/h3-4,12H,5-6H2,1-2H3. The Hall–Kier alpha value is -1.74. The second kappa shape index (κ2) is 4.50. The maximum absolute atomic E-state index is 12.9. The molecule has 0 aromatic heterocycles. The van der Waals surface area contributed by atoms with E-state index in [2.05, 4.69) is 4.99 Å². The average Bonchev–Trinajstić information content (AvgIpc) is 3.09. The summed E-state index contributed by atoms with van der Waals surface area (Å²) >= 11 is 0. The minimum Gasteiger partial charge on any atom is -0.496 e. The minimum atomic E-state index is -2.62. The van der Waals surface area contributed by atoms with Gasteiger partial charge in [-0.1, -0.05) is 6.07 Å². The summed E-state index contributed by atoms with van der Waals surface area (Å²) in [5.41, 5.74) is 0.520. The van der Waals surface area contributed by atoms with E-state index >= 15 is 0 Å². The Morgan fingerprint density at radius 2 is 2.11 bits per heavy atom. The second-order valence-corrected chi connectivity index (χ2v) is 4.42. The lowest BCUT2D eigenvalue weighted by atomic mass is 9.95. The number of halogens is 2. The van der Waals surface area contributed by atoms with Crippen molar-refractivity contribution in [1.29, 1.82) is 0 Å². The first-order chi connectivity index (χ1) is 8.55. The zero-order chi connectivity index (χ0) is 13.3. The molecule has 3 nitrogen and oxygen atoms in total. The van der Waals surface area contributed by atoms with Gasteiger partial charge in [0, 0.05) is 5.56 Å². The Balaban J connectivity index is 2.65. The van der Waals surface area contributed by atoms with E-state index in [9.17, 15) is 13.6 Å². The van der Waals surface area contributed by atoms with Crippen molar-refractivity contribution in [1.82, 2.24) is 0 Å². The Labute approximate surface area is 103 Å². The normalized spacial score (nSPS) is 16.3. The van der Waals surface area contributed by atoms with Gasteiger partial charge < -0.3 is 4.74 Å². The van der Waals surface area contributed by atoms with Gasteiger partial charge in [-0.25, -0.2) is 13.6 Å². The molecule has 5 heteroatoms. The third kappa shape index (κ3) is 1.91. The fourth-order valence-electron chi connectivity index (χ4n) is 2.29. The maximum Gasteiger partial charge on any atom is 0.267 e. The number of alkyl halides is 2. The van der Waals surface area contributed by atoms with Crippen molar-refractivity contribution < 1.29 is 18.3 Å². The largest absolute Gasteiger partial charge is 0.496 e. The molecule has 1 aliphatic rings. The fourth-order valence-corrected chi connectivity index (χ4v) is 2.29. The van der Waals surface area contributed by atoms with Crippen LogP contribution in [0, 0.1) is 6.92 Å². The monoisotopic (exact) mass is 253 g/mol. The number of aryl methyl sites for hydroxylation is 1. The summed E-state index contributed by atoms with van der Waals surface area (Å²) in [4.78, 5) is 14.3. The van der Waals surface area contributed by atoms with E-state index in [0.29, 0.717) is 18.4 Å².